The molecule has 1 N–H and O–H groups in total. The molecule has 0 unspecified atom stereocenters. The van der Waals surface area contributed by atoms with Gasteiger partial charge in [0, 0.05) is 29.2 Å². The zero-order chi connectivity index (χ0) is 13.9. The molecule has 0 aliphatic heterocycles. The van der Waals surface area contributed by atoms with Crippen LogP contribution in [0.4, 0.5) is 0 Å². The van der Waals surface area contributed by atoms with Gasteiger partial charge in [-0.15, -0.1) is 10.2 Å². The van der Waals surface area contributed by atoms with E-state index in [1.807, 2.05) is 12.1 Å². The van der Waals surface area contributed by atoms with Gasteiger partial charge in [-0.05, 0) is 48.8 Å². The molecule has 19 heavy (non-hydrogen) atoms. The van der Waals surface area contributed by atoms with Crippen LogP contribution in [0.5, 0.6) is 0 Å². The molecule has 2 rings (SSSR count). The Balaban J connectivity index is 2.02. The summed E-state index contributed by atoms with van der Waals surface area (Å²) in [6, 6.07) is 3.74. The topological polar surface area (TPSA) is 63.8 Å². The highest BCUT2D eigenvalue weighted by molar-refractivity contribution is 9.10. The van der Waals surface area contributed by atoms with Crippen LogP contribution >= 0.6 is 15.9 Å². The van der Waals surface area contributed by atoms with E-state index in [1.165, 1.54) is 0 Å². The summed E-state index contributed by atoms with van der Waals surface area (Å²) < 4.78 is 6.46. The van der Waals surface area contributed by atoms with E-state index < -0.39 is 0 Å². The predicted molar refractivity (Wildman–Crippen MR) is 76.7 cm³/mol. The molecular weight excluding hydrogens is 308 g/mol. The lowest BCUT2D eigenvalue weighted by atomic mass is 10.1. The molecule has 0 saturated heterocycles. The third-order valence-corrected chi connectivity index (χ3v) is 3.06. The van der Waals surface area contributed by atoms with Crippen molar-refractivity contribution in [1.29, 1.82) is 0 Å². The summed E-state index contributed by atoms with van der Waals surface area (Å²) in [5.41, 5.74) is 0.761. The van der Waals surface area contributed by atoms with Crippen molar-refractivity contribution in [1.82, 2.24) is 20.5 Å². The Morgan fingerprint density at radius 3 is 2.79 bits per heavy atom. The Bertz CT molecular complexity index is 548. The standard InChI is InChI=1S/C13H17BrN4O/c1-13(2,3)16-8-6-10-17-18-12(19-10)11-9(14)5-4-7-15-11/h4-5,7,16H,6,8H2,1-3H3. The maximum Gasteiger partial charge on any atom is 0.267 e. The van der Waals surface area contributed by atoms with E-state index in [2.05, 4.69) is 57.2 Å². The van der Waals surface area contributed by atoms with Crippen molar-refractivity contribution in [2.45, 2.75) is 32.7 Å². The van der Waals surface area contributed by atoms with Gasteiger partial charge >= 0.3 is 0 Å². The fourth-order valence-electron chi connectivity index (χ4n) is 1.54. The van der Waals surface area contributed by atoms with Crippen LogP contribution in [0.3, 0.4) is 0 Å². The lowest BCUT2D eigenvalue weighted by molar-refractivity contribution is 0.411. The Morgan fingerprint density at radius 1 is 1.32 bits per heavy atom. The van der Waals surface area contributed by atoms with Crippen LogP contribution in [0.1, 0.15) is 26.7 Å². The summed E-state index contributed by atoms with van der Waals surface area (Å²) in [5.74, 6) is 1.06. The number of nitrogens with zero attached hydrogens (tertiary/aromatic N) is 3. The quantitative estimate of drug-likeness (QED) is 0.936. The van der Waals surface area contributed by atoms with Gasteiger partial charge in [0.05, 0.1) is 0 Å². The molecule has 0 spiro atoms. The van der Waals surface area contributed by atoms with Gasteiger partial charge in [0.25, 0.3) is 5.89 Å². The summed E-state index contributed by atoms with van der Waals surface area (Å²) in [5, 5.41) is 11.4. The first kappa shape index (κ1) is 14.1. The Kier molecular flexibility index (Phi) is 4.31. The first-order valence-electron chi connectivity index (χ1n) is 6.14. The fourth-order valence-corrected chi connectivity index (χ4v) is 1.96. The Hall–Kier alpha value is -1.27. The molecular formula is C13H17BrN4O. The van der Waals surface area contributed by atoms with E-state index in [4.69, 9.17) is 4.42 Å². The summed E-state index contributed by atoms with van der Waals surface area (Å²) in [7, 11) is 0. The van der Waals surface area contributed by atoms with Gasteiger partial charge in [-0.2, -0.15) is 0 Å². The Labute approximate surface area is 121 Å². The molecule has 0 amide bonds. The molecule has 0 saturated carbocycles. The largest absolute Gasteiger partial charge is 0.419 e. The van der Waals surface area contributed by atoms with Crippen LogP contribution in [-0.4, -0.2) is 27.3 Å². The molecule has 2 heterocycles. The van der Waals surface area contributed by atoms with Crippen LogP contribution < -0.4 is 5.32 Å². The van der Waals surface area contributed by atoms with E-state index in [0.29, 0.717) is 23.9 Å². The number of hydrogen-bond acceptors (Lipinski definition) is 5. The highest BCUT2D eigenvalue weighted by atomic mass is 79.9. The van der Waals surface area contributed by atoms with Crippen molar-refractivity contribution in [2.75, 3.05) is 6.54 Å². The zero-order valence-electron chi connectivity index (χ0n) is 11.3. The zero-order valence-corrected chi connectivity index (χ0v) is 12.9. The number of aromatic nitrogens is 3. The summed E-state index contributed by atoms with van der Waals surface area (Å²) in [6.45, 7) is 7.17. The minimum Gasteiger partial charge on any atom is -0.419 e. The van der Waals surface area contributed by atoms with Crippen molar-refractivity contribution in [3.63, 3.8) is 0 Å². The average molecular weight is 325 g/mol. The van der Waals surface area contributed by atoms with Crippen molar-refractivity contribution < 1.29 is 4.42 Å². The second-order valence-corrected chi connectivity index (χ2v) is 6.12. The maximum atomic E-state index is 5.61. The van der Waals surface area contributed by atoms with E-state index in [0.717, 1.165) is 11.0 Å². The van der Waals surface area contributed by atoms with E-state index in [9.17, 15) is 0 Å². The summed E-state index contributed by atoms with van der Waals surface area (Å²) in [4.78, 5) is 4.22. The molecule has 2 aromatic heterocycles. The van der Waals surface area contributed by atoms with Gasteiger partial charge in [-0.3, -0.25) is 0 Å². The molecule has 0 radical (unpaired) electrons. The lowest BCUT2D eigenvalue weighted by Crippen LogP contribution is -2.37. The minimum absolute atomic E-state index is 0.0901. The van der Waals surface area contributed by atoms with E-state index in [-0.39, 0.29) is 5.54 Å². The number of pyridine rings is 1. The first-order chi connectivity index (χ1) is 8.96. The molecule has 5 nitrogen and oxygen atoms in total. The molecule has 0 fully saturated rings. The third-order valence-electron chi connectivity index (χ3n) is 2.42. The molecule has 0 aliphatic carbocycles. The van der Waals surface area contributed by atoms with Gasteiger partial charge in [0.2, 0.25) is 5.89 Å². The van der Waals surface area contributed by atoms with Gasteiger partial charge in [-0.25, -0.2) is 4.98 Å². The van der Waals surface area contributed by atoms with E-state index >= 15 is 0 Å². The summed E-state index contributed by atoms with van der Waals surface area (Å²) in [6.07, 6.45) is 2.40. The van der Waals surface area contributed by atoms with Gasteiger partial charge in [-0.1, -0.05) is 0 Å². The molecule has 0 bridgehead atoms. The second kappa shape index (κ2) is 5.79. The highest BCUT2D eigenvalue weighted by Gasteiger charge is 2.13. The van der Waals surface area contributed by atoms with E-state index in [1.54, 1.807) is 6.20 Å². The second-order valence-electron chi connectivity index (χ2n) is 5.26. The number of nitrogens with one attached hydrogen (secondary N) is 1. The first-order valence-corrected chi connectivity index (χ1v) is 6.93. The van der Waals surface area contributed by atoms with Crippen LogP contribution in [0.25, 0.3) is 11.6 Å². The molecule has 2 aromatic rings. The van der Waals surface area contributed by atoms with Crippen LogP contribution in [0.2, 0.25) is 0 Å². The summed E-state index contributed by atoms with van der Waals surface area (Å²) >= 11 is 3.42. The molecule has 102 valence electrons. The highest BCUT2D eigenvalue weighted by Crippen LogP contribution is 2.24. The number of rotatable bonds is 4. The van der Waals surface area contributed by atoms with Crippen LogP contribution in [0, 0.1) is 0 Å². The number of halogens is 1. The minimum atomic E-state index is 0.0901. The molecule has 6 heteroatoms. The van der Waals surface area contributed by atoms with Crippen molar-refractivity contribution in [3.8, 4) is 11.6 Å². The third kappa shape index (κ3) is 4.11. The normalized spacial score (nSPS) is 11.8. The SMILES string of the molecule is CC(C)(C)NCCc1nnc(-c2ncccc2Br)o1. The lowest BCUT2D eigenvalue weighted by Gasteiger charge is -2.19. The number of hydrogen-bond donors (Lipinski definition) is 1. The average Bonchev–Trinajstić information content (AvgIpc) is 2.76. The van der Waals surface area contributed by atoms with Crippen molar-refractivity contribution in [3.05, 3.63) is 28.7 Å². The van der Waals surface area contributed by atoms with Gasteiger partial charge < -0.3 is 9.73 Å². The predicted octanol–water partition coefficient (Wildman–Crippen LogP) is 2.82. The van der Waals surface area contributed by atoms with Crippen molar-refractivity contribution in [2.24, 2.45) is 0 Å². The van der Waals surface area contributed by atoms with Gasteiger partial charge in [0.1, 0.15) is 5.69 Å². The Morgan fingerprint density at radius 2 is 2.11 bits per heavy atom. The van der Waals surface area contributed by atoms with Crippen LogP contribution in [-0.2, 0) is 6.42 Å². The van der Waals surface area contributed by atoms with Crippen LogP contribution in [0.15, 0.2) is 27.2 Å². The molecule has 0 aromatic carbocycles. The fraction of sp³-hybridized carbons (Fsp3) is 0.462. The van der Waals surface area contributed by atoms with Crippen molar-refractivity contribution >= 4 is 15.9 Å². The molecule has 0 atom stereocenters. The maximum absolute atomic E-state index is 5.61. The molecule has 0 aliphatic rings. The van der Waals surface area contributed by atoms with Gasteiger partial charge in [0.15, 0.2) is 0 Å². The smallest absolute Gasteiger partial charge is 0.267 e. The monoisotopic (exact) mass is 324 g/mol.